The second-order valence-corrected chi connectivity index (χ2v) is 9.18. The molecule has 0 bridgehead atoms. The van der Waals surface area contributed by atoms with Crippen LogP contribution in [0.1, 0.15) is 85.0 Å². The smallest absolute Gasteiger partial charge is 0.355 e. The van der Waals surface area contributed by atoms with Crippen LogP contribution in [0.4, 0.5) is 0 Å². The van der Waals surface area contributed by atoms with Gasteiger partial charge in [-0.15, -0.1) is 11.6 Å². The quantitative estimate of drug-likeness (QED) is 0.132. The van der Waals surface area contributed by atoms with E-state index in [0.717, 1.165) is 19.3 Å². The summed E-state index contributed by atoms with van der Waals surface area (Å²) < 4.78 is 5.22. The van der Waals surface area contributed by atoms with Crippen molar-refractivity contribution in [3.63, 3.8) is 0 Å². The van der Waals surface area contributed by atoms with Crippen molar-refractivity contribution >= 4 is 23.5 Å². The first-order chi connectivity index (χ1) is 15.2. The van der Waals surface area contributed by atoms with E-state index in [-0.39, 0.29) is 17.5 Å². The lowest BCUT2D eigenvalue weighted by Gasteiger charge is -2.17. The fourth-order valence-electron chi connectivity index (χ4n) is 3.33. The summed E-state index contributed by atoms with van der Waals surface area (Å²) in [4.78, 5) is 23.9. The Balaban J connectivity index is 2.26. The van der Waals surface area contributed by atoms with Crippen LogP contribution < -0.4 is 5.32 Å². The molecule has 0 saturated heterocycles. The molecule has 1 heterocycles. The fraction of sp³-hybridized carbons (Fsp3) is 0.680. The molecule has 2 unspecified atom stereocenters. The van der Waals surface area contributed by atoms with E-state index in [1.54, 1.807) is 31.2 Å². The first kappa shape index (κ1) is 28.4. The van der Waals surface area contributed by atoms with Gasteiger partial charge in [-0.2, -0.15) is 0 Å². The van der Waals surface area contributed by atoms with Crippen molar-refractivity contribution in [2.75, 3.05) is 0 Å². The molecule has 1 rings (SSSR count). The Bertz CT molecular complexity index is 675. The van der Waals surface area contributed by atoms with Crippen LogP contribution in [0.3, 0.4) is 0 Å². The van der Waals surface area contributed by atoms with Crippen LogP contribution in [-0.2, 0) is 14.3 Å². The molecule has 1 aliphatic rings. The molecular weight excluding hydrogens is 430 g/mol. The Morgan fingerprint density at radius 2 is 1.88 bits per heavy atom. The summed E-state index contributed by atoms with van der Waals surface area (Å²) in [6.07, 6.45) is 15.4. The monoisotopic (exact) mass is 469 g/mol. The van der Waals surface area contributed by atoms with E-state index in [1.807, 2.05) is 6.92 Å². The zero-order valence-corrected chi connectivity index (χ0v) is 20.4. The van der Waals surface area contributed by atoms with E-state index >= 15 is 0 Å². The maximum absolute atomic E-state index is 12.0. The summed E-state index contributed by atoms with van der Waals surface area (Å²) in [7, 11) is 0. The van der Waals surface area contributed by atoms with E-state index < -0.39 is 29.7 Å². The molecule has 4 atom stereocenters. The number of cyclic esters (lactones) is 1. The van der Waals surface area contributed by atoms with E-state index in [1.165, 1.54) is 31.8 Å². The summed E-state index contributed by atoms with van der Waals surface area (Å²) in [6, 6.07) is 0. The molecule has 182 valence electrons. The molecule has 0 saturated carbocycles. The van der Waals surface area contributed by atoms with E-state index in [9.17, 15) is 19.8 Å². The predicted molar refractivity (Wildman–Crippen MR) is 128 cm³/mol. The van der Waals surface area contributed by atoms with Crippen LogP contribution in [0, 0.1) is 0 Å². The van der Waals surface area contributed by atoms with Crippen molar-refractivity contribution in [3.8, 4) is 0 Å². The van der Waals surface area contributed by atoms with Gasteiger partial charge in [0.2, 0.25) is 5.91 Å². The molecule has 32 heavy (non-hydrogen) atoms. The van der Waals surface area contributed by atoms with Crippen molar-refractivity contribution in [3.05, 3.63) is 36.1 Å². The highest BCUT2D eigenvalue weighted by Crippen LogP contribution is 2.26. The Morgan fingerprint density at radius 1 is 1.19 bits per heavy atom. The molecule has 3 N–H and O–H groups in total. The molecular formula is C25H40ClNO5. The van der Waals surface area contributed by atoms with Crippen LogP contribution in [-0.4, -0.2) is 45.3 Å². The van der Waals surface area contributed by atoms with Crippen molar-refractivity contribution < 1.29 is 24.5 Å². The fourth-order valence-corrected chi connectivity index (χ4v) is 3.59. The summed E-state index contributed by atoms with van der Waals surface area (Å²) >= 11 is 6.28. The van der Waals surface area contributed by atoms with Gasteiger partial charge in [-0.05, 0) is 32.3 Å². The van der Waals surface area contributed by atoms with Gasteiger partial charge >= 0.3 is 5.97 Å². The third kappa shape index (κ3) is 11.3. The van der Waals surface area contributed by atoms with Gasteiger partial charge in [-0.3, -0.25) is 4.79 Å². The number of carbonyl (C=O) groups excluding carboxylic acids is 2. The number of unbranched alkanes of at least 4 members (excludes halogenated alkanes) is 5. The molecule has 1 amide bonds. The molecule has 1 aliphatic heterocycles. The number of aliphatic hydroxyl groups is 2. The molecule has 0 radical (unpaired) electrons. The molecule has 0 fully saturated rings. The van der Waals surface area contributed by atoms with Crippen LogP contribution in [0.5, 0.6) is 0 Å². The number of amides is 1. The lowest BCUT2D eigenvalue weighted by atomic mass is 10.0. The highest BCUT2D eigenvalue weighted by molar-refractivity contribution is 6.21. The number of aliphatic hydroxyl groups excluding tert-OH is 2. The van der Waals surface area contributed by atoms with Gasteiger partial charge in [-0.1, -0.05) is 76.7 Å². The second-order valence-electron chi connectivity index (χ2n) is 8.62. The van der Waals surface area contributed by atoms with Crippen molar-refractivity contribution in [1.82, 2.24) is 5.32 Å². The molecule has 6 nitrogen and oxygen atoms in total. The topological polar surface area (TPSA) is 95.9 Å². The standard InChI is InChI=1S/C25H40ClNO5/c1-4-6-7-8-9-12-15-20(26)22(29)16-13-10-11-14-19(28)17-23(30)27-21-18-25(3,5-2)32-24(21)31/h10-11,13-14,18-20,22,28-29H,4-9,12,15-17H2,1-3H3,(H,27,30)/b13-10+,14-11-/t19-,20?,22?,25-/m0/s1. The minimum Gasteiger partial charge on any atom is -0.450 e. The van der Waals surface area contributed by atoms with Crippen LogP contribution in [0.15, 0.2) is 36.1 Å². The maximum atomic E-state index is 12.0. The van der Waals surface area contributed by atoms with Crippen molar-refractivity contribution in [2.24, 2.45) is 0 Å². The minimum atomic E-state index is -0.992. The van der Waals surface area contributed by atoms with E-state index in [2.05, 4.69) is 12.2 Å². The zero-order valence-electron chi connectivity index (χ0n) is 19.7. The van der Waals surface area contributed by atoms with E-state index in [0.29, 0.717) is 12.8 Å². The number of hydrogen-bond acceptors (Lipinski definition) is 5. The number of rotatable bonds is 16. The Morgan fingerprint density at radius 3 is 2.53 bits per heavy atom. The predicted octanol–water partition coefficient (Wildman–Crippen LogP) is 4.68. The average Bonchev–Trinajstić information content (AvgIpc) is 3.03. The molecule has 7 heteroatoms. The summed E-state index contributed by atoms with van der Waals surface area (Å²) in [5, 5.41) is 22.4. The average molecular weight is 470 g/mol. The highest BCUT2D eigenvalue weighted by Gasteiger charge is 2.35. The van der Waals surface area contributed by atoms with Gasteiger partial charge in [0.1, 0.15) is 11.3 Å². The van der Waals surface area contributed by atoms with Gasteiger partial charge in [0.25, 0.3) is 0 Å². The molecule has 0 spiro atoms. The maximum Gasteiger partial charge on any atom is 0.355 e. The van der Waals surface area contributed by atoms with Gasteiger partial charge in [0.05, 0.1) is 24.0 Å². The Labute approximate surface area is 197 Å². The Kier molecular flexibility index (Phi) is 13.5. The van der Waals surface area contributed by atoms with Crippen molar-refractivity contribution in [2.45, 2.75) is 108 Å². The normalized spacial score (nSPS) is 21.6. The SMILES string of the molecule is CCCCCCCCC(Cl)C(O)C/C=C/C=C\[C@H](O)CC(=O)NC1=C[C@](C)(CC)OC1=O. The van der Waals surface area contributed by atoms with Gasteiger partial charge in [0, 0.05) is 0 Å². The third-order valence-electron chi connectivity index (χ3n) is 5.58. The number of allylic oxidation sites excluding steroid dienone is 2. The number of hydrogen-bond donors (Lipinski definition) is 3. The van der Waals surface area contributed by atoms with Crippen LogP contribution in [0.25, 0.3) is 0 Å². The van der Waals surface area contributed by atoms with E-state index in [4.69, 9.17) is 16.3 Å². The highest BCUT2D eigenvalue weighted by atomic mass is 35.5. The van der Waals surface area contributed by atoms with Crippen molar-refractivity contribution in [1.29, 1.82) is 0 Å². The number of carbonyl (C=O) groups is 2. The van der Waals surface area contributed by atoms with Gasteiger partial charge < -0.3 is 20.3 Å². The third-order valence-corrected chi connectivity index (χ3v) is 6.08. The first-order valence-corrected chi connectivity index (χ1v) is 12.2. The number of halogens is 1. The molecule has 0 aromatic heterocycles. The number of nitrogens with one attached hydrogen (secondary N) is 1. The summed E-state index contributed by atoms with van der Waals surface area (Å²) in [5.41, 5.74) is -0.592. The lowest BCUT2D eigenvalue weighted by Crippen LogP contribution is -2.28. The number of esters is 1. The molecule has 0 aliphatic carbocycles. The minimum absolute atomic E-state index is 0.112. The van der Waals surface area contributed by atoms with Gasteiger partial charge in [-0.25, -0.2) is 4.79 Å². The van der Waals surface area contributed by atoms with Gasteiger partial charge in [0.15, 0.2) is 0 Å². The van der Waals surface area contributed by atoms with Crippen LogP contribution >= 0.6 is 11.6 Å². The lowest BCUT2D eigenvalue weighted by molar-refractivity contribution is -0.146. The zero-order chi connectivity index (χ0) is 24.0. The number of ether oxygens (including phenoxy) is 1. The molecule has 0 aromatic rings. The second kappa shape index (κ2) is 15.3. The summed E-state index contributed by atoms with van der Waals surface area (Å²) in [6.45, 7) is 5.85. The molecule has 0 aromatic carbocycles. The number of alkyl halides is 1. The first-order valence-electron chi connectivity index (χ1n) is 11.8. The Hall–Kier alpha value is -1.63. The summed E-state index contributed by atoms with van der Waals surface area (Å²) in [5.74, 6) is -1.03. The van der Waals surface area contributed by atoms with Crippen LogP contribution in [0.2, 0.25) is 0 Å². The largest absolute Gasteiger partial charge is 0.450 e.